The lowest BCUT2D eigenvalue weighted by Crippen LogP contribution is -2.54. The maximum atomic E-state index is 13.3. The first-order valence-electron chi connectivity index (χ1n) is 10.1. The van der Waals surface area contributed by atoms with Crippen LogP contribution in [0.2, 0.25) is 0 Å². The molecule has 29 heavy (non-hydrogen) atoms. The van der Waals surface area contributed by atoms with E-state index in [1.807, 2.05) is 37.3 Å². The average molecular weight is 395 g/mol. The van der Waals surface area contributed by atoms with Crippen molar-refractivity contribution in [2.24, 2.45) is 11.8 Å². The molecule has 4 aliphatic rings. The fourth-order valence-corrected chi connectivity index (χ4v) is 5.18. The SMILES string of the molecule is Cc1cccc(CN2C[C@]34C=C[C@H](O3)[C@@H](C(=O)N3CCN(C)C(=O)C3)[C@@H]4C2=O)c1. The predicted molar refractivity (Wildman–Crippen MR) is 105 cm³/mol. The number of piperazine rings is 1. The Labute approximate surface area is 169 Å². The lowest BCUT2D eigenvalue weighted by molar-refractivity contribution is -0.149. The van der Waals surface area contributed by atoms with E-state index in [2.05, 4.69) is 6.07 Å². The zero-order valence-corrected chi connectivity index (χ0v) is 16.7. The van der Waals surface area contributed by atoms with E-state index in [-0.39, 0.29) is 30.4 Å². The molecule has 0 aromatic heterocycles. The molecule has 0 aliphatic carbocycles. The fraction of sp³-hybridized carbons (Fsp3) is 0.500. The molecule has 0 saturated carbocycles. The molecular weight excluding hydrogens is 370 g/mol. The second-order valence-electron chi connectivity index (χ2n) is 8.66. The predicted octanol–water partition coefficient (Wildman–Crippen LogP) is 0.578. The third-order valence-corrected chi connectivity index (χ3v) is 6.69. The molecule has 1 aromatic carbocycles. The summed E-state index contributed by atoms with van der Waals surface area (Å²) in [5, 5.41) is 0. The molecule has 7 heteroatoms. The number of benzene rings is 1. The quantitative estimate of drug-likeness (QED) is 0.702. The summed E-state index contributed by atoms with van der Waals surface area (Å²) in [5.41, 5.74) is 1.50. The van der Waals surface area contributed by atoms with Gasteiger partial charge >= 0.3 is 0 Å². The van der Waals surface area contributed by atoms with Gasteiger partial charge in [-0.1, -0.05) is 42.0 Å². The highest BCUT2D eigenvalue weighted by Crippen LogP contribution is 2.52. The van der Waals surface area contributed by atoms with Gasteiger partial charge in [-0.2, -0.15) is 0 Å². The first-order valence-corrected chi connectivity index (χ1v) is 10.1. The number of rotatable bonds is 3. The van der Waals surface area contributed by atoms with Crippen LogP contribution >= 0.6 is 0 Å². The lowest BCUT2D eigenvalue weighted by Gasteiger charge is -2.35. The molecule has 4 atom stereocenters. The molecular formula is C22H25N3O4. The number of fused-ring (bicyclic) bond motifs is 1. The van der Waals surface area contributed by atoms with Crippen molar-refractivity contribution in [3.63, 3.8) is 0 Å². The van der Waals surface area contributed by atoms with Crippen LogP contribution in [-0.4, -0.2) is 77.4 Å². The first-order chi connectivity index (χ1) is 13.9. The van der Waals surface area contributed by atoms with E-state index in [1.54, 1.807) is 21.7 Å². The van der Waals surface area contributed by atoms with Gasteiger partial charge in [0.05, 0.1) is 31.0 Å². The van der Waals surface area contributed by atoms with Crippen LogP contribution in [0.1, 0.15) is 11.1 Å². The van der Waals surface area contributed by atoms with Crippen molar-refractivity contribution in [1.29, 1.82) is 0 Å². The molecule has 7 nitrogen and oxygen atoms in total. The molecule has 0 unspecified atom stereocenters. The molecule has 2 bridgehead atoms. The number of ether oxygens (including phenoxy) is 1. The summed E-state index contributed by atoms with van der Waals surface area (Å²) in [6.45, 7) is 4.08. The second-order valence-corrected chi connectivity index (χ2v) is 8.66. The first kappa shape index (κ1) is 18.4. The van der Waals surface area contributed by atoms with Crippen molar-refractivity contribution in [2.45, 2.75) is 25.2 Å². The van der Waals surface area contributed by atoms with Gasteiger partial charge in [0, 0.05) is 26.7 Å². The van der Waals surface area contributed by atoms with Gasteiger partial charge in [-0.25, -0.2) is 0 Å². The molecule has 3 amide bonds. The van der Waals surface area contributed by atoms with Crippen LogP contribution in [0.5, 0.6) is 0 Å². The Bertz CT molecular complexity index is 928. The molecule has 1 spiro atoms. The van der Waals surface area contributed by atoms with Crippen molar-refractivity contribution in [3.8, 4) is 0 Å². The summed E-state index contributed by atoms with van der Waals surface area (Å²) in [6, 6.07) is 8.11. The van der Waals surface area contributed by atoms with Crippen LogP contribution in [0.3, 0.4) is 0 Å². The van der Waals surface area contributed by atoms with Gasteiger partial charge in [0.2, 0.25) is 17.7 Å². The van der Waals surface area contributed by atoms with Crippen LogP contribution < -0.4 is 0 Å². The zero-order valence-electron chi connectivity index (χ0n) is 16.7. The van der Waals surface area contributed by atoms with Crippen molar-refractivity contribution >= 4 is 17.7 Å². The molecule has 0 N–H and O–H groups in total. The maximum Gasteiger partial charge on any atom is 0.241 e. The van der Waals surface area contributed by atoms with E-state index in [1.165, 1.54) is 0 Å². The minimum absolute atomic E-state index is 0.0304. The second kappa shape index (κ2) is 6.42. The third-order valence-electron chi connectivity index (χ3n) is 6.69. The number of carbonyl (C=O) groups is 3. The molecule has 1 aromatic rings. The molecule has 3 fully saturated rings. The zero-order chi connectivity index (χ0) is 20.3. The molecule has 4 heterocycles. The molecule has 152 valence electrons. The van der Waals surface area contributed by atoms with E-state index in [0.29, 0.717) is 26.2 Å². The average Bonchev–Trinajstić information content (AvgIpc) is 3.32. The Morgan fingerprint density at radius 2 is 2.10 bits per heavy atom. The van der Waals surface area contributed by atoms with E-state index in [4.69, 9.17) is 4.74 Å². The van der Waals surface area contributed by atoms with Crippen molar-refractivity contribution in [3.05, 3.63) is 47.5 Å². The van der Waals surface area contributed by atoms with Crippen molar-refractivity contribution in [2.75, 3.05) is 33.2 Å². The van der Waals surface area contributed by atoms with E-state index < -0.39 is 17.4 Å². The largest absolute Gasteiger partial charge is 0.360 e. The van der Waals surface area contributed by atoms with Crippen LogP contribution in [0.4, 0.5) is 0 Å². The van der Waals surface area contributed by atoms with Crippen molar-refractivity contribution in [1.82, 2.24) is 14.7 Å². The smallest absolute Gasteiger partial charge is 0.241 e. The van der Waals surface area contributed by atoms with Crippen LogP contribution in [-0.2, 0) is 25.7 Å². The fourth-order valence-electron chi connectivity index (χ4n) is 5.18. The number of amides is 3. The minimum Gasteiger partial charge on any atom is -0.360 e. The summed E-state index contributed by atoms with van der Waals surface area (Å²) < 4.78 is 6.20. The lowest BCUT2D eigenvalue weighted by atomic mass is 9.76. The highest BCUT2D eigenvalue weighted by Gasteiger charge is 2.67. The normalized spacial score (nSPS) is 33.0. The Hall–Kier alpha value is -2.67. The summed E-state index contributed by atoms with van der Waals surface area (Å²) in [4.78, 5) is 43.7. The summed E-state index contributed by atoms with van der Waals surface area (Å²) in [7, 11) is 1.74. The van der Waals surface area contributed by atoms with E-state index >= 15 is 0 Å². The topological polar surface area (TPSA) is 70.2 Å². The van der Waals surface area contributed by atoms with Gasteiger partial charge in [-0.3, -0.25) is 14.4 Å². The summed E-state index contributed by atoms with van der Waals surface area (Å²) in [5.74, 6) is -1.30. The number of aryl methyl sites for hydroxylation is 1. The van der Waals surface area contributed by atoms with Gasteiger partial charge in [0.1, 0.15) is 5.60 Å². The van der Waals surface area contributed by atoms with Gasteiger partial charge in [0.15, 0.2) is 0 Å². The van der Waals surface area contributed by atoms with Crippen LogP contribution in [0.15, 0.2) is 36.4 Å². The number of carbonyl (C=O) groups excluding carboxylic acids is 3. The Morgan fingerprint density at radius 1 is 1.28 bits per heavy atom. The number of likely N-dealkylation sites (tertiary alicyclic amines) is 1. The highest BCUT2D eigenvalue weighted by molar-refractivity contribution is 5.94. The Kier molecular flexibility index (Phi) is 4.07. The van der Waals surface area contributed by atoms with E-state index in [0.717, 1.165) is 11.1 Å². The maximum absolute atomic E-state index is 13.3. The molecule has 4 aliphatic heterocycles. The standard InChI is InChI=1S/C22H25N3O4/c1-14-4-3-5-15(10-14)11-25-13-22-7-6-16(29-22)18(19(22)21(25)28)20(27)24-9-8-23(2)17(26)12-24/h3-7,10,16,18-19H,8-9,11-13H2,1-2H3/t16-,18+,19+,22-/m0/s1. The minimum atomic E-state index is -0.720. The van der Waals surface area contributed by atoms with Gasteiger partial charge in [-0.15, -0.1) is 0 Å². The molecule has 5 rings (SSSR count). The number of likely N-dealkylation sites (N-methyl/N-ethyl adjacent to an activating group) is 1. The van der Waals surface area contributed by atoms with Gasteiger partial charge in [-0.05, 0) is 12.5 Å². The summed E-state index contributed by atoms with van der Waals surface area (Å²) in [6.07, 6.45) is 3.50. The van der Waals surface area contributed by atoms with Crippen LogP contribution in [0, 0.1) is 18.8 Å². The Balaban J connectivity index is 1.38. The molecule has 3 saturated heterocycles. The van der Waals surface area contributed by atoms with Crippen molar-refractivity contribution < 1.29 is 19.1 Å². The number of hydrogen-bond donors (Lipinski definition) is 0. The van der Waals surface area contributed by atoms with Gasteiger partial charge in [0.25, 0.3) is 0 Å². The number of nitrogens with zero attached hydrogens (tertiary/aromatic N) is 3. The Morgan fingerprint density at radius 3 is 2.86 bits per heavy atom. The third kappa shape index (κ3) is 2.79. The van der Waals surface area contributed by atoms with Crippen LogP contribution in [0.25, 0.3) is 0 Å². The summed E-state index contributed by atoms with van der Waals surface area (Å²) >= 11 is 0. The monoisotopic (exact) mass is 395 g/mol. The number of hydrogen-bond acceptors (Lipinski definition) is 4. The highest BCUT2D eigenvalue weighted by atomic mass is 16.5. The molecule has 0 radical (unpaired) electrons. The van der Waals surface area contributed by atoms with Gasteiger partial charge < -0.3 is 19.4 Å². The van der Waals surface area contributed by atoms with E-state index in [9.17, 15) is 14.4 Å².